The van der Waals surface area contributed by atoms with Gasteiger partial charge in [0.2, 0.25) is 0 Å². The molecule has 0 fully saturated rings. The van der Waals surface area contributed by atoms with Gasteiger partial charge in [0.15, 0.2) is 8.07 Å². The minimum Gasteiger partial charge on any atom is -0.497 e. The lowest BCUT2D eigenvalue weighted by atomic mass is 10.2. The highest BCUT2D eigenvalue weighted by Crippen LogP contribution is 2.22. The number of sulfonamides is 1. The third-order valence-electron chi connectivity index (χ3n) is 5.79. The number of methoxy groups -OCH3 is 1. The van der Waals surface area contributed by atoms with Crippen LogP contribution in [0.15, 0.2) is 125 Å². The summed E-state index contributed by atoms with van der Waals surface area (Å²) < 4.78 is 36.8. The standard InChI is InChI=1S/C27H25NO3SSi/c1-31-23-18-20-24(21-19-23)32(29,30)28-27(22-12-6-3-7-13-22)33(2,25-14-8-4-9-15-25)26-16-10-5-11-17-26/h3-21H,1-2H3. The SMILES string of the molecule is COc1ccc(S(=O)(=O)N=C(c2ccccc2)[Si](C)(c2ccccc2)c2ccccc2)cc1. The highest BCUT2D eigenvalue weighted by Gasteiger charge is 2.39. The summed E-state index contributed by atoms with van der Waals surface area (Å²) in [5.41, 5.74) is 0.802. The van der Waals surface area contributed by atoms with Crippen molar-refractivity contribution in [3.8, 4) is 5.75 Å². The predicted molar refractivity (Wildman–Crippen MR) is 137 cm³/mol. The lowest BCUT2D eigenvalue weighted by molar-refractivity contribution is 0.414. The van der Waals surface area contributed by atoms with Crippen molar-refractivity contribution in [1.82, 2.24) is 0 Å². The second-order valence-corrected chi connectivity index (χ2v) is 13.3. The molecule has 4 aromatic carbocycles. The van der Waals surface area contributed by atoms with Gasteiger partial charge >= 0.3 is 0 Å². The summed E-state index contributed by atoms with van der Waals surface area (Å²) in [5.74, 6) is 0.592. The monoisotopic (exact) mass is 471 g/mol. The molecule has 4 aromatic rings. The van der Waals surface area contributed by atoms with Gasteiger partial charge in [0.1, 0.15) is 5.75 Å². The highest BCUT2D eigenvalue weighted by molar-refractivity contribution is 7.90. The number of ether oxygens (including phenoxy) is 1. The van der Waals surface area contributed by atoms with E-state index in [1.807, 2.05) is 66.7 Å². The predicted octanol–water partition coefficient (Wildman–Crippen LogP) is 4.31. The van der Waals surface area contributed by atoms with Gasteiger partial charge in [-0.2, -0.15) is 12.8 Å². The van der Waals surface area contributed by atoms with Crippen LogP contribution in [0, 0.1) is 0 Å². The van der Waals surface area contributed by atoms with Crippen LogP contribution in [0.25, 0.3) is 0 Å². The van der Waals surface area contributed by atoms with Crippen LogP contribution in [0.3, 0.4) is 0 Å². The highest BCUT2D eigenvalue weighted by atomic mass is 32.2. The molecule has 0 N–H and O–H groups in total. The molecule has 0 saturated heterocycles. The van der Waals surface area contributed by atoms with E-state index in [9.17, 15) is 8.42 Å². The maximum absolute atomic E-state index is 13.5. The van der Waals surface area contributed by atoms with Gasteiger partial charge in [-0.05, 0) is 40.2 Å². The van der Waals surface area contributed by atoms with Gasteiger partial charge < -0.3 is 4.74 Å². The first-order valence-corrected chi connectivity index (χ1v) is 14.5. The number of hydrogen-bond acceptors (Lipinski definition) is 3. The largest absolute Gasteiger partial charge is 0.497 e. The molecule has 0 aliphatic rings. The first-order valence-electron chi connectivity index (χ1n) is 10.6. The molecular formula is C27H25NO3SSi. The first-order chi connectivity index (χ1) is 15.9. The number of rotatable bonds is 7. The van der Waals surface area contributed by atoms with Crippen molar-refractivity contribution >= 4 is 33.8 Å². The molecule has 0 amide bonds. The molecule has 0 unspecified atom stereocenters. The van der Waals surface area contributed by atoms with Gasteiger partial charge in [-0.3, -0.25) is 0 Å². The zero-order valence-electron chi connectivity index (χ0n) is 18.5. The van der Waals surface area contributed by atoms with Crippen molar-refractivity contribution in [2.24, 2.45) is 4.40 Å². The lowest BCUT2D eigenvalue weighted by Gasteiger charge is -2.30. The van der Waals surface area contributed by atoms with E-state index in [0.717, 1.165) is 15.9 Å². The molecule has 4 rings (SSSR count). The summed E-state index contributed by atoms with van der Waals surface area (Å²) in [7, 11) is -5.20. The topological polar surface area (TPSA) is 55.7 Å². The van der Waals surface area contributed by atoms with E-state index < -0.39 is 18.1 Å². The molecular weight excluding hydrogens is 446 g/mol. The van der Waals surface area contributed by atoms with E-state index in [-0.39, 0.29) is 4.90 Å². The smallest absolute Gasteiger partial charge is 0.282 e. The lowest BCUT2D eigenvalue weighted by Crippen LogP contribution is -2.62. The van der Waals surface area contributed by atoms with Gasteiger partial charge in [0.05, 0.1) is 17.3 Å². The fourth-order valence-corrected chi connectivity index (χ4v) is 9.30. The summed E-state index contributed by atoms with van der Waals surface area (Å²) in [6.45, 7) is 2.16. The Morgan fingerprint density at radius 2 is 1.15 bits per heavy atom. The van der Waals surface area contributed by atoms with Crippen LogP contribution in [0.1, 0.15) is 5.56 Å². The van der Waals surface area contributed by atoms with Crippen LogP contribution >= 0.6 is 0 Å². The summed E-state index contributed by atoms with van der Waals surface area (Å²) in [5, 5.41) is 2.77. The fourth-order valence-electron chi connectivity index (χ4n) is 3.93. The Balaban J connectivity index is 2.00. The molecule has 0 radical (unpaired) electrons. The Bertz CT molecular complexity index is 1300. The van der Waals surface area contributed by atoms with E-state index in [1.54, 1.807) is 19.2 Å². The van der Waals surface area contributed by atoms with Crippen molar-refractivity contribution in [2.45, 2.75) is 11.4 Å². The summed E-state index contributed by atoms with van der Waals surface area (Å²) >= 11 is 0. The Labute approximate surface area is 196 Å². The average molecular weight is 472 g/mol. The van der Waals surface area contributed by atoms with Crippen molar-refractivity contribution in [2.75, 3.05) is 7.11 Å². The van der Waals surface area contributed by atoms with E-state index in [0.29, 0.717) is 11.1 Å². The van der Waals surface area contributed by atoms with Gasteiger partial charge in [0, 0.05) is 0 Å². The van der Waals surface area contributed by atoms with Crippen LogP contribution < -0.4 is 15.1 Å². The van der Waals surface area contributed by atoms with E-state index in [2.05, 4.69) is 35.2 Å². The van der Waals surface area contributed by atoms with Crippen molar-refractivity contribution < 1.29 is 13.2 Å². The Morgan fingerprint density at radius 3 is 1.61 bits per heavy atom. The van der Waals surface area contributed by atoms with Gasteiger partial charge in [0.25, 0.3) is 10.0 Å². The second-order valence-electron chi connectivity index (χ2n) is 7.81. The molecule has 4 nitrogen and oxygen atoms in total. The average Bonchev–Trinajstić information content (AvgIpc) is 2.88. The number of nitrogens with zero attached hydrogens (tertiary/aromatic N) is 1. The minimum absolute atomic E-state index is 0.134. The molecule has 0 heterocycles. The van der Waals surface area contributed by atoms with Gasteiger partial charge in [-0.25, -0.2) is 0 Å². The third kappa shape index (κ3) is 4.67. The molecule has 33 heavy (non-hydrogen) atoms. The maximum Gasteiger partial charge on any atom is 0.282 e. The first kappa shape index (κ1) is 22.7. The summed E-state index contributed by atoms with van der Waals surface area (Å²) in [4.78, 5) is 0.134. The minimum atomic E-state index is -3.96. The van der Waals surface area contributed by atoms with Crippen molar-refractivity contribution in [3.63, 3.8) is 0 Å². The molecule has 0 aliphatic carbocycles. The quantitative estimate of drug-likeness (QED) is 0.298. The van der Waals surface area contributed by atoms with E-state index in [4.69, 9.17) is 4.74 Å². The van der Waals surface area contributed by atoms with Crippen LogP contribution in [0.5, 0.6) is 5.75 Å². The summed E-state index contributed by atoms with van der Waals surface area (Å²) in [6, 6.07) is 36.1. The van der Waals surface area contributed by atoms with Crippen LogP contribution in [0.2, 0.25) is 6.55 Å². The number of benzene rings is 4. The van der Waals surface area contributed by atoms with E-state index in [1.165, 1.54) is 12.1 Å². The number of hydrogen-bond donors (Lipinski definition) is 0. The molecule has 0 spiro atoms. The Kier molecular flexibility index (Phi) is 6.58. The van der Waals surface area contributed by atoms with Gasteiger partial charge in [-0.1, -0.05) is 97.5 Å². The molecule has 0 saturated carbocycles. The van der Waals surface area contributed by atoms with Crippen LogP contribution in [0.4, 0.5) is 0 Å². The Hall–Kier alpha value is -3.48. The van der Waals surface area contributed by atoms with Gasteiger partial charge in [-0.15, -0.1) is 0 Å². The van der Waals surface area contributed by atoms with Crippen LogP contribution in [-0.2, 0) is 10.0 Å². The molecule has 166 valence electrons. The molecule has 0 aliphatic heterocycles. The normalized spacial score (nSPS) is 12.4. The molecule has 6 heteroatoms. The summed E-state index contributed by atoms with van der Waals surface area (Å²) in [6.07, 6.45) is 0. The Morgan fingerprint density at radius 1 is 0.697 bits per heavy atom. The second kappa shape index (κ2) is 9.56. The van der Waals surface area contributed by atoms with E-state index >= 15 is 0 Å². The zero-order chi connectivity index (χ0) is 23.3. The maximum atomic E-state index is 13.5. The molecule has 0 bridgehead atoms. The molecule has 0 aromatic heterocycles. The third-order valence-corrected chi connectivity index (χ3v) is 11.6. The van der Waals surface area contributed by atoms with Crippen molar-refractivity contribution in [3.05, 3.63) is 121 Å². The fraction of sp³-hybridized carbons (Fsp3) is 0.0741. The molecule has 0 atom stereocenters. The van der Waals surface area contributed by atoms with Crippen LogP contribution in [-0.4, -0.2) is 28.9 Å². The van der Waals surface area contributed by atoms with Crippen molar-refractivity contribution in [1.29, 1.82) is 0 Å². The zero-order valence-corrected chi connectivity index (χ0v) is 20.4.